The molecule has 0 aliphatic heterocycles. The quantitative estimate of drug-likeness (QED) is 0.125. The highest BCUT2D eigenvalue weighted by molar-refractivity contribution is 6.20. The molecule has 0 aliphatic carbocycles. The van der Waals surface area contributed by atoms with Crippen molar-refractivity contribution in [2.24, 2.45) is 0 Å². The standard InChI is InChI=1S/C56H36N2/c1-3-12-37(13-4-1)42-18-11-19-47(33-42)53-36-54(58-56(57-53)41-15-5-2-6-16-41)48-29-28-44-32-43(26-27-45(44)34-48)38-22-24-40(25-23-38)55-50-21-10-8-17-46(50)35-52-49-20-9-7-14-39(49)30-31-51(52)55/h1-36H. The maximum absolute atomic E-state index is 5.13. The SMILES string of the molecule is c1ccc(-c2cccc(-c3cc(-c4ccc5cc(-c6ccc(-c7c8ccccc8cc8c7ccc7ccccc78)cc6)ccc5c4)nc(-c4ccccc4)n3)c2)cc1. The van der Waals surface area contributed by atoms with Gasteiger partial charge in [-0.3, -0.25) is 0 Å². The van der Waals surface area contributed by atoms with Crippen LogP contribution in [0.3, 0.4) is 0 Å². The summed E-state index contributed by atoms with van der Waals surface area (Å²) in [5.74, 6) is 0.710. The van der Waals surface area contributed by atoms with Gasteiger partial charge in [-0.15, -0.1) is 0 Å². The van der Waals surface area contributed by atoms with Crippen molar-refractivity contribution >= 4 is 43.1 Å². The lowest BCUT2D eigenvalue weighted by molar-refractivity contribution is 1.18. The molecule has 0 aliphatic rings. The summed E-state index contributed by atoms with van der Waals surface area (Å²) in [5.41, 5.74) is 12.1. The van der Waals surface area contributed by atoms with Gasteiger partial charge in [0.1, 0.15) is 0 Å². The molecule has 270 valence electrons. The summed E-state index contributed by atoms with van der Waals surface area (Å²) in [4.78, 5) is 10.2. The number of hydrogen-bond donors (Lipinski definition) is 0. The molecule has 2 heteroatoms. The predicted octanol–water partition coefficient (Wildman–Crippen LogP) is 15.1. The zero-order valence-electron chi connectivity index (χ0n) is 31.7. The Balaban J connectivity index is 0.954. The fourth-order valence-electron chi connectivity index (χ4n) is 8.49. The molecule has 0 N–H and O–H groups in total. The van der Waals surface area contributed by atoms with Gasteiger partial charge in [-0.05, 0) is 107 Å². The van der Waals surface area contributed by atoms with Crippen molar-refractivity contribution in [2.45, 2.75) is 0 Å². The van der Waals surface area contributed by atoms with E-state index in [4.69, 9.17) is 9.97 Å². The van der Waals surface area contributed by atoms with E-state index in [1.165, 1.54) is 70.9 Å². The molecule has 0 unspecified atom stereocenters. The second-order valence-electron chi connectivity index (χ2n) is 15.0. The van der Waals surface area contributed by atoms with Crippen LogP contribution in [0.5, 0.6) is 0 Å². The lowest BCUT2D eigenvalue weighted by Crippen LogP contribution is -1.96. The molecule has 0 amide bonds. The van der Waals surface area contributed by atoms with E-state index in [2.05, 4.69) is 194 Å². The number of nitrogens with zero attached hydrogens (tertiary/aromatic N) is 2. The van der Waals surface area contributed by atoms with Crippen molar-refractivity contribution in [1.29, 1.82) is 0 Å². The Morgan fingerprint density at radius 2 is 0.724 bits per heavy atom. The zero-order valence-corrected chi connectivity index (χ0v) is 31.7. The van der Waals surface area contributed by atoms with Crippen molar-refractivity contribution in [3.63, 3.8) is 0 Å². The molecule has 0 radical (unpaired) electrons. The lowest BCUT2D eigenvalue weighted by Gasteiger charge is -2.15. The molecule has 0 saturated heterocycles. The van der Waals surface area contributed by atoms with Crippen LogP contribution in [-0.4, -0.2) is 9.97 Å². The number of rotatable bonds is 6. The summed E-state index contributed by atoms with van der Waals surface area (Å²) in [6.07, 6.45) is 0. The van der Waals surface area contributed by atoms with Gasteiger partial charge in [0.25, 0.3) is 0 Å². The van der Waals surface area contributed by atoms with Crippen molar-refractivity contribution in [1.82, 2.24) is 9.97 Å². The summed E-state index contributed by atoms with van der Waals surface area (Å²) >= 11 is 0. The van der Waals surface area contributed by atoms with E-state index in [1.807, 2.05) is 24.3 Å². The van der Waals surface area contributed by atoms with Gasteiger partial charge in [-0.1, -0.05) is 188 Å². The Hall–Kier alpha value is -7.68. The van der Waals surface area contributed by atoms with Crippen LogP contribution in [0.1, 0.15) is 0 Å². The van der Waals surface area contributed by atoms with Gasteiger partial charge < -0.3 is 0 Å². The maximum Gasteiger partial charge on any atom is 0.160 e. The molecule has 0 bridgehead atoms. The normalized spacial score (nSPS) is 11.4. The Bertz CT molecular complexity index is 3310. The smallest absolute Gasteiger partial charge is 0.160 e. The first-order valence-corrected chi connectivity index (χ1v) is 19.8. The second-order valence-corrected chi connectivity index (χ2v) is 15.0. The molecule has 11 rings (SSSR count). The zero-order chi connectivity index (χ0) is 38.4. The highest BCUT2D eigenvalue weighted by Crippen LogP contribution is 2.40. The van der Waals surface area contributed by atoms with Gasteiger partial charge in [0, 0.05) is 16.7 Å². The van der Waals surface area contributed by atoms with Crippen LogP contribution in [-0.2, 0) is 0 Å². The van der Waals surface area contributed by atoms with Gasteiger partial charge in [-0.25, -0.2) is 9.97 Å². The Labute approximate surface area is 337 Å². The molecular weight excluding hydrogens is 701 g/mol. The van der Waals surface area contributed by atoms with Crippen LogP contribution in [0, 0.1) is 0 Å². The molecule has 2 nitrogen and oxygen atoms in total. The lowest BCUT2D eigenvalue weighted by atomic mass is 9.89. The second kappa shape index (κ2) is 14.1. The first kappa shape index (κ1) is 33.6. The third kappa shape index (κ3) is 6.09. The van der Waals surface area contributed by atoms with E-state index in [9.17, 15) is 0 Å². The molecule has 0 saturated carbocycles. The highest BCUT2D eigenvalue weighted by Gasteiger charge is 2.15. The monoisotopic (exact) mass is 736 g/mol. The topological polar surface area (TPSA) is 25.8 Å². The average molecular weight is 737 g/mol. The van der Waals surface area contributed by atoms with Gasteiger partial charge in [0.05, 0.1) is 11.4 Å². The van der Waals surface area contributed by atoms with E-state index in [0.717, 1.165) is 33.6 Å². The third-order valence-electron chi connectivity index (χ3n) is 11.4. The fraction of sp³-hybridized carbons (Fsp3) is 0. The Kier molecular flexibility index (Phi) is 8.19. The molecule has 11 aromatic rings. The van der Waals surface area contributed by atoms with Gasteiger partial charge >= 0.3 is 0 Å². The van der Waals surface area contributed by atoms with Crippen LogP contribution >= 0.6 is 0 Å². The summed E-state index contributed by atoms with van der Waals surface area (Å²) in [6.45, 7) is 0. The number of benzene rings is 10. The van der Waals surface area contributed by atoms with Crippen LogP contribution in [0.25, 0.3) is 110 Å². The van der Waals surface area contributed by atoms with E-state index < -0.39 is 0 Å². The van der Waals surface area contributed by atoms with Gasteiger partial charge in [0.2, 0.25) is 0 Å². The number of aromatic nitrogens is 2. The number of hydrogen-bond acceptors (Lipinski definition) is 2. The Morgan fingerprint density at radius 1 is 0.224 bits per heavy atom. The third-order valence-corrected chi connectivity index (χ3v) is 11.4. The van der Waals surface area contributed by atoms with Crippen LogP contribution in [0.15, 0.2) is 218 Å². The van der Waals surface area contributed by atoms with Gasteiger partial charge in [-0.2, -0.15) is 0 Å². The molecule has 58 heavy (non-hydrogen) atoms. The highest BCUT2D eigenvalue weighted by atomic mass is 14.9. The molecule has 1 heterocycles. The summed E-state index contributed by atoms with van der Waals surface area (Å²) in [7, 11) is 0. The molecule has 0 spiro atoms. The number of fused-ring (bicyclic) bond motifs is 5. The fourth-order valence-corrected chi connectivity index (χ4v) is 8.49. The first-order chi connectivity index (χ1) is 28.7. The molecular formula is C56H36N2. The minimum atomic E-state index is 0.710. The minimum Gasteiger partial charge on any atom is -0.228 e. The molecule has 10 aromatic carbocycles. The van der Waals surface area contributed by atoms with Crippen LogP contribution in [0.2, 0.25) is 0 Å². The largest absolute Gasteiger partial charge is 0.228 e. The van der Waals surface area contributed by atoms with Crippen LogP contribution in [0.4, 0.5) is 0 Å². The maximum atomic E-state index is 5.13. The molecule has 0 atom stereocenters. The molecule has 1 aromatic heterocycles. The van der Waals surface area contributed by atoms with Crippen LogP contribution < -0.4 is 0 Å². The van der Waals surface area contributed by atoms with Crippen molar-refractivity contribution in [3.8, 4) is 67.3 Å². The van der Waals surface area contributed by atoms with E-state index >= 15 is 0 Å². The van der Waals surface area contributed by atoms with Crippen molar-refractivity contribution in [3.05, 3.63) is 218 Å². The van der Waals surface area contributed by atoms with Gasteiger partial charge in [0.15, 0.2) is 5.82 Å². The Morgan fingerprint density at radius 3 is 1.48 bits per heavy atom. The predicted molar refractivity (Wildman–Crippen MR) is 245 cm³/mol. The average Bonchev–Trinajstić information content (AvgIpc) is 3.31. The first-order valence-electron chi connectivity index (χ1n) is 19.8. The summed E-state index contributed by atoms with van der Waals surface area (Å²) in [6, 6.07) is 78.3. The van der Waals surface area contributed by atoms with Crippen molar-refractivity contribution in [2.75, 3.05) is 0 Å². The van der Waals surface area contributed by atoms with Crippen molar-refractivity contribution < 1.29 is 0 Å². The molecule has 0 fully saturated rings. The van der Waals surface area contributed by atoms with E-state index in [0.29, 0.717) is 5.82 Å². The van der Waals surface area contributed by atoms with E-state index in [-0.39, 0.29) is 0 Å². The summed E-state index contributed by atoms with van der Waals surface area (Å²) < 4.78 is 0. The van der Waals surface area contributed by atoms with E-state index in [1.54, 1.807) is 0 Å². The minimum absolute atomic E-state index is 0.710. The summed E-state index contributed by atoms with van der Waals surface area (Å²) in [5, 5.41) is 9.99.